The fraction of sp³-hybridized carbons (Fsp3) is 0.455. The van der Waals surface area contributed by atoms with Crippen LogP contribution in [0.2, 0.25) is 0 Å². The summed E-state index contributed by atoms with van der Waals surface area (Å²) in [5.41, 5.74) is -0.159. The average Bonchev–Trinajstić information content (AvgIpc) is 2.38. The van der Waals surface area contributed by atoms with Gasteiger partial charge in [-0.25, -0.2) is 8.42 Å². The molecule has 1 rings (SSSR count). The quantitative estimate of drug-likeness (QED) is 0.420. The van der Waals surface area contributed by atoms with E-state index in [0.29, 0.717) is 13.1 Å². The van der Waals surface area contributed by atoms with Crippen LogP contribution in [-0.2, 0) is 10.0 Å². The van der Waals surface area contributed by atoms with E-state index in [9.17, 15) is 18.5 Å². The molecule has 9 heteroatoms. The summed E-state index contributed by atoms with van der Waals surface area (Å²) in [5.74, 6) is 0.0924. The molecule has 0 spiro atoms. The summed E-state index contributed by atoms with van der Waals surface area (Å²) in [6.45, 7) is 2.82. The van der Waals surface area contributed by atoms with E-state index < -0.39 is 14.9 Å². The summed E-state index contributed by atoms with van der Waals surface area (Å²) >= 11 is 0. The minimum Gasteiger partial charge on any atom is -0.495 e. The number of non-ortho nitro benzene ring substituents is 1. The van der Waals surface area contributed by atoms with Gasteiger partial charge in [0.1, 0.15) is 5.75 Å². The molecule has 0 aromatic heterocycles. The van der Waals surface area contributed by atoms with Gasteiger partial charge in [-0.1, -0.05) is 6.92 Å². The van der Waals surface area contributed by atoms with Crippen LogP contribution in [0.4, 0.5) is 11.4 Å². The maximum atomic E-state index is 11.8. The van der Waals surface area contributed by atoms with Gasteiger partial charge in [0.05, 0.1) is 23.5 Å². The highest BCUT2D eigenvalue weighted by Gasteiger charge is 2.16. The molecule has 0 aliphatic carbocycles. The predicted octanol–water partition coefficient (Wildman–Crippen LogP) is 0.955. The van der Waals surface area contributed by atoms with Crippen molar-refractivity contribution in [2.45, 2.75) is 6.92 Å². The van der Waals surface area contributed by atoms with Crippen molar-refractivity contribution in [3.8, 4) is 5.75 Å². The molecule has 8 nitrogen and oxygen atoms in total. The summed E-state index contributed by atoms with van der Waals surface area (Å²) in [5, 5.41) is 13.6. The number of hydrogen-bond acceptors (Lipinski definition) is 6. The zero-order valence-corrected chi connectivity index (χ0v) is 12.1. The first-order valence-electron chi connectivity index (χ1n) is 5.93. The van der Waals surface area contributed by atoms with E-state index in [0.717, 1.165) is 6.07 Å². The van der Waals surface area contributed by atoms with Gasteiger partial charge in [-0.15, -0.1) is 0 Å². The molecule has 20 heavy (non-hydrogen) atoms. The summed E-state index contributed by atoms with van der Waals surface area (Å²) in [6, 6.07) is 3.72. The first kappa shape index (κ1) is 16.2. The molecule has 0 aliphatic rings. The van der Waals surface area contributed by atoms with E-state index in [-0.39, 0.29) is 22.9 Å². The number of rotatable bonds is 8. The molecule has 0 amide bonds. The highest BCUT2D eigenvalue weighted by atomic mass is 32.2. The summed E-state index contributed by atoms with van der Waals surface area (Å²) in [4.78, 5) is 10.1. The molecule has 0 radical (unpaired) electrons. The SMILES string of the molecule is CCNCCS(=O)(=O)Nc1cc([N+](=O)[O-])ccc1OC. The molecule has 0 saturated carbocycles. The van der Waals surface area contributed by atoms with Gasteiger partial charge in [-0.2, -0.15) is 0 Å². The fourth-order valence-electron chi connectivity index (χ4n) is 1.49. The van der Waals surface area contributed by atoms with Crippen LogP contribution < -0.4 is 14.8 Å². The van der Waals surface area contributed by atoms with Crippen LogP contribution in [0.15, 0.2) is 18.2 Å². The number of nitro benzene ring substituents is 1. The van der Waals surface area contributed by atoms with Gasteiger partial charge >= 0.3 is 0 Å². The van der Waals surface area contributed by atoms with E-state index in [4.69, 9.17) is 4.74 Å². The summed E-state index contributed by atoms with van der Waals surface area (Å²) < 4.78 is 31.0. The van der Waals surface area contributed by atoms with Crippen LogP contribution in [0.25, 0.3) is 0 Å². The molecule has 112 valence electrons. The largest absolute Gasteiger partial charge is 0.495 e. The van der Waals surface area contributed by atoms with Crippen molar-refractivity contribution in [3.05, 3.63) is 28.3 Å². The molecular weight excluding hydrogens is 286 g/mol. The lowest BCUT2D eigenvalue weighted by Crippen LogP contribution is -2.26. The molecule has 1 aromatic rings. The van der Waals surface area contributed by atoms with Crippen molar-refractivity contribution >= 4 is 21.4 Å². The number of hydrogen-bond donors (Lipinski definition) is 2. The molecule has 0 unspecified atom stereocenters. The third-order valence-electron chi connectivity index (χ3n) is 2.46. The van der Waals surface area contributed by atoms with Gasteiger partial charge in [0.2, 0.25) is 10.0 Å². The first-order valence-corrected chi connectivity index (χ1v) is 7.58. The van der Waals surface area contributed by atoms with E-state index >= 15 is 0 Å². The maximum Gasteiger partial charge on any atom is 0.271 e. The second-order valence-corrected chi connectivity index (χ2v) is 5.76. The molecule has 2 N–H and O–H groups in total. The molecule has 1 aromatic carbocycles. The van der Waals surface area contributed by atoms with Crippen LogP contribution in [0, 0.1) is 10.1 Å². The van der Waals surface area contributed by atoms with Crippen molar-refractivity contribution in [1.82, 2.24) is 5.32 Å². The van der Waals surface area contributed by atoms with E-state index in [2.05, 4.69) is 10.0 Å². The lowest BCUT2D eigenvalue weighted by atomic mass is 10.2. The van der Waals surface area contributed by atoms with Gasteiger partial charge in [0.15, 0.2) is 0 Å². The second-order valence-electron chi connectivity index (χ2n) is 3.92. The Hall–Kier alpha value is -1.87. The predicted molar refractivity (Wildman–Crippen MR) is 75.6 cm³/mol. The van der Waals surface area contributed by atoms with Crippen LogP contribution >= 0.6 is 0 Å². The number of ether oxygens (including phenoxy) is 1. The van der Waals surface area contributed by atoms with Gasteiger partial charge in [-0.3, -0.25) is 14.8 Å². The highest BCUT2D eigenvalue weighted by Crippen LogP contribution is 2.29. The standard InChI is InChI=1S/C11H17N3O5S/c1-3-12-6-7-20(17,18)13-10-8-9(14(15)16)4-5-11(10)19-2/h4-5,8,12-13H,3,6-7H2,1-2H3. The second kappa shape index (κ2) is 7.06. The number of anilines is 1. The van der Waals surface area contributed by atoms with Gasteiger partial charge in [0, 0.05) is 18.7 Å². The van der Waals surface area contributed by atoms with Crippen molar-refractivity contribution in [3.63, 3.8) is 0 Å². The number of nitrogens with zero attached hydrogens (tertiary/aromatic N) is 1. The van der Waals surface area contributed by atoms with Gasteiger partial charge < -0.3 is 10.1 Å². The zero-order chi connectivity index (χ0) is 15.2. The molecule has 0 bridgehead atoms. The van der Waals surface area contributed by atoms with Gasteiger partial charge in [0.25, 0.3) is 5.69 Å². The molecule has 0 saturated heterocycles. The van der Waals surface area contributed by atoms with Crippen molar-refractivity contribution in [2.75, 3.05) is 30.7 Å². The summed E-state index contributed by atoms with van der Waals surface area (Å²) in [7, 11) is -2.24. The number of nitro groups is 1. The molecule has 0 aliphatic heterocycles. The Balaban J connectivity index is 2.94. The number of methoxy groups -OCH3 is 1. The van der Waals surface area contributed by atoms with Crippen LogP contribution in [0.1, 0.15) is 6.92 Å². The highest BCUT2D eigenvalue weighted by molar-refractivity contribution is 7.92. The van der Waals surface area contributed by atoms with E-state index in [1.165, 1.54) is 19.2 Å². The molecular formula is C11H17N3O5S. The third-order valence-corrected chi connectivity index (χ3v) is 3.73. The minimum atomic E-state index is -3.60. The smallest absolute Gasteiger partial charge is 0.271 e. The fourth-order valence-corrected chi connectivity index (χ4v) is 2.50. The number of benzene rings is 1. The van der Waals surface area contributed by atoms with Gasteiger partial charge in [-0.05, 0) is 12.6 Å². The van der Waals surface area contributed by atoms with Crippen molar-refractivity contribution < 1.29 is 18.1 Å². The van der Waals surface area contributed by atoms with Crippen LogP contribution in [0.5, 0.6) is 5.75 Å². The van der Waals surface area contributed by atoms with Crippen LogP contribution in [-0.4, -0.2) is 39.3 Å². The maximum absolute atomic E-state index is 11.8. The third kappa shape index (κ3) is 4.67. The monoisotopic (exact) mass is 303 g/mol. The van der Waals surface area contributed by atoms with Crippen molar-refractivity contribution in [1.29, 1.82) is 0 Å². The van der Waals surface area contributed by atoms with E-state index in [1.807, 2.05) is 6.92 Å². The van der Waals surface area contributed by atoms with Crippen LogP contribution in [0.3, 0.4) is 0 Å². The first-order chi connectivity index (χ1) is 9.39. The average molecular weight is 303 g/mol. The Labute approximate surface area is 117 Å². The Morgan fingerprint density at radius 2 is 2.10 bits per heavy atom. The molecule has 0 fully saturated rings. The molecule has 0 heterocycles. The Bertz CT molecular complexity index is 573. The lowest BCUT2D eigenvalue weighted by Gasteiger charge is -2.11. The Kier molecular flexibility index (Phi) is 5.71. The van der Waals surface area contributed by atoms with E-state index in [1.54, 1.807) is 0 Å². The zero-order valence-electron chi connectivity index (χ0n) is 11.3. The normalized spacial score (nSPS) is 11.1. The Morgan fingerprint density at radius 1 is 1.40 bits per heavy atom. The lowest BCUT2D eigenvalue weighted by molar-refractivity contribution is -0.384. The molecule has 0 atom stereocenters. The number of nitrogens with one attached hydrogen (secondary N) is 2. The number of sulfonamides is 1. The summed E-state index contributed by atoms with van der Waals surface area (Å²) in [6.07, 6.45) is 0. The topological polar surface area (TPSA) is 111 Å². The minimum absolute atomic E-state index is 0.0539. The van der Waals surface area contributed by atoms with Crippen molar-refractivity contribution in [2.24, 2.45) is 0 Å². The Morgan fingerprint density at radius 3 is 2.65 bits per heavy atom.